The van der Waals surface area contributed by atoms with Crippen LogP contribution < -0.4 is 10.1 Å². The van der Waals surface area contributed by atoms with Crippen LogP contribution in [0, 0.1) is 5.41 Å². The average molecular weight is 282 g/mol. The van der Waals surface area contributed by atoms with Crippen LogP contribution in [0.1, 0.15) is 45.1 Å². The van der Waals surface area contributed by atoms with Crippen LogP contribution in [0.5, 0.6) is 5.75 Å². The second kappa shape index (κ2) is 6.15. The molecule has 0 aromatic heterocycles. The summed E-state index contributed by atoms with van der Waals surface area (Å²) in [5.41, 5.74) is 1.70. The molecule has 1 aliphatic carbocycles. The van der Waals surface area contributed by atoms with Gasteiger partial charge in [0.1, 0.15) is 5.75 Å². The highest BCUT2D eigenvalue weighted by Crippen LogP contribution is 2.35. The van der Waals surface area contributed by atoms with E-state index in [2.05, 4.69) is 25.2 Å². The molecular weight excluding hydrogens is 258 g/mol. The molecule has 1 atom stereocenters. The van der Waals surface area contributed by atoms with Crippen molar-refractivity contribution < 1.29 is 4.74 Å². The lowest BCUT2D eigenvalue weighted by atomic mass is 9.75. The van der Waals surface area contributed by atoms with Crippen LogP contribution in [0.15, 0.2) is 18.2 Å². The lowest BCUT2D eigenvalue weighted by molar-refractivity contribution is 0.198. The van der Waals surface area contributed by atoms with Gasteiger partial charge in [-0.2, -0.15) is 0 Å². The first kappa shape index (κ1) is 14.7. The minimum absolute atomic E-state index is 0.480. The number of ether oxygens (including phenoxy) is 1. The van der Waals surface area contributed by atoms with Crippen molar-refractivity contribution in [2.24, 2.45) is 5.41 Å². The van der Waals surface area contributed by atoms with E-state index >= 15 is 0 Å². The van der Waals surface area contributed by atoms with E-state index in [4.69, 9.17) is 16.3 Å². The van der Waals surface area contributed by atoms with Gasteiger partial charge in [0.2, 0.25) is 0 Å². The number of methoxy groups -OCH3 is 1. The Hall–Kier alpha value is -0.730. The van der Waals surface area contributed by atoms with Crippen molar-refractivity contribution in [1.82, 2.24) is 5.32 Å². The summed E-state index contributed by atoms with van der Waals surface area (Å²) in [7, 11) is 1.64. The molecule has 0 saturated heterocycles. The molecule has 19 heavy (non-hydrogen) atoms. The molecule has 1 N–H and O–H groups in total. The van der Waals surface area contributed by atoms with Gasteiger partial charge in [-0.05, 0) is 42.4 Å². The lowest BCUT2D eigenvalue weighted by Crippen LogP contribution is -2.36. The van der Waals surface area contributed by atoms with Crippen LogP contribution >= 0.6 is 11.6 Å². The third-order valence-corrected chi connectivity index (χ3v) is 4.31. The maximum atomic E-state index is 6.14. The number of benzene rings is 1. The van der Waals surface area contributed by atoms with Gasteiger partial charge in [-0.1, -0.05) is 37.9 Å². The zero-order valence-electron chi connectivity index (χ0n) is 12.1. The highest BCUT2D eigenvalue weighted by atomic mass is 35.5. The summed E-state index contributed by atoms with van der Waals surface area (Å²) in [6.45, 7) is 5.61. The van der Waals surface area contributed by atoms with Crippen molar-refractivity contribution >= 4 is 11.6 Å². The molecule has 3 heteroatoms. The van der Waals surface area contributed by atoms with Crippen molar-refractivity contribution in [1.29, 1.82) is 0 Å². The Morgan fingerprint density at radius 2 is 2.21 bits per heavy atom. The fraction of sp³-hybridized carbons (Fsp3) is 0.625. The van der Waals surface area contributed by atoms with E-state index in [9.17, 15) is 0 Å². The Labute approximate surface area is 121 Å². The Kier molecular flexibility index (Phi) is 4.75. The van der Waals surface area contributed by atoms with Crippen LogP contribution in [-0.4, -0.2) is 13.2 Å². The number of hydrogen-bond acceptors (Lipinski definition) is 2. The van der Waals surface area contributed by atoms with Gasteiger partial charge in [0.15, 0.2) is 0 Å². The molecule has 1 unspecified atom stereocenters. The van der Waals surface area contributed by atoms with E-state index < -0.39 is 0 Å². The first-order valence-electron chi connectivity index (χ1n) is 7.06. The minimum atomic E-state index is 0.480. The highest BCUT2D eigenvalue weighted by Gasteiger charge is 2.27. The lowest BCUT2D eigenvalue weighted by Gasteiger charge is -2.35. The maximum Gasteiger partial charge on any atom is 0.137 e. The number of halogens is 1. The normalized spacial score (nSPS) is 22.2. The predicted molar refractivity (Wildman–Crippen MR) is 80.9 cm³/mol. The second-order valence-electron chi connectivity index (χ2n) is 6.31. The Balaban J connectivity index is 1.90. The van der Waals surface area contributed by atoms with Gasteiger partial charge >= 0.3 is 0 Å². The summed E-state index contributed by atoms with van der Waals surface area (Å²) in [5.74, 6) is 0.740. The van der Waals surface area contributed by atoms with E-state index in [0.29, 0.717) is 16.5 Å². The van der Waals surface area contributed by atoms with E-state index in [1.54, 1.807) is 7.11 Å². The SMILES string of the molecule is COc1ccc(CNC2CCCC(C)(C)C2)cc1Cl. The topological polar surface area (TPSA) is 21.3 Å². The fourth-order valence-corrected chi connectivity index (χ4v) is 3.23. The van der Waals surface area contributed by atoms with Crippen LogP contribution in [0.2, 0.25) is 5.02 Å². The summed E-state index contributed by atoms with van der Waals surface area (Å²) < 4.78 is 5.17. The first-order chi connectivity index (χ1) is 9.00. The molecule has 2 rings (SSSR count). The monoisotopic (exact) mass is 281 g/mol. The molecule has 0 heterocycles. The molecule has 1 fully saturated rings. The van der Waals surface area contributed by atoms with Gasteiger partial charge in [-0.15, -0.1) is 0 Å². The summed E-state index contributed by atoms with van der Waals surface area (Å²) in [6.07, 6.45) is 5.22. The zero-order chi connectivity index (χ0) is 13.9. The molecule has 2 nitrogen and oxygen atoms in total. The number of nitrogens with one attached hydrogen (secondary N) is 1. The van der Waals surface area contributed by atoms with Crippen molar-refractivity contribution in [3.05, 3.63) is 28.8 Å². The molecule has 106 valence electrons. The van der Waals surface area contributed by atoms with Gasteiger partial charge in [0, 0.05) is 12.6 Å². The van der Waals surface area contributed by atoms with E-state index in [1.165, 1.54) is 31.2 Å². The summed E-state index contributed by atoms with van der Waals surface area (Å²) in [4.78, 5) is 0. The Morgan fingerprint density at radius 1 is 1.42 bits per heavy atom. The fourth-order valence-electron chi connectivity index (χ4n) is 2.95. The van der Waals surface area contributed by atoms with Crippen molar-refractivity contribution in [2.75, 3.05) is 7.11 Å². The molecule has 0 radical (unpaired) electrons. The van der Waals surface area contributed by atoms with Crippen LogP contribution in [0.25, 0.3) is 0 Å². The van der Waals surface area contributed by atoms with E-state index in [-0.39, 0.29) is 0 Å². The summed E-state index contributed by atoms with van der Waals surface area (Å²) in [6, 6.07) is 6.63. The van der Waals surface area contributed by atoms with E-state index in [0.717, 1.165) is 12.3 Å². The molecule has 0 spiro atoms. The Bertz CT molecular complexity index is 431. The zero-order valence-corrected chi connectivity index (χ0v) is 12.9. The van der Waals surface area contributed by atoms with Crippen molar-refractivity contribution in [3.8, 4) is 5.75 Å². The first-order valence-corrected chi connectivity index (χ1v) is 7.44. The van der Waals surface area contributed by atoms with Crippen LogP contribution in [0.3, 0.4) is 0 Å². The standard InChI is InChI=1S/C16H24ClNO/c1-16(2)8-4-5-13(10-16)18-11-12-6-7-15(19-3)14(17)9-12/h6-7,9,13,18H,4-5,8,10-11H2,1-3H3. The predicted octanol–water partition coefficient (Wildman–Crippen LogP) is 4.41. The summed E-state index contributed by atoms with van der Waals surface area (Å²) in [5, 5.41) is 4.34. The molecule has 1 aromatic carbocycles. The van der Waals surface area contributed by atoms with Crippen molar-refractivity contribution in [3.63, 3.8) is 0 Å². The van der Waals surface area contributed by atoms with E-state index in [1.807, 2.05) is 12.1 Å². The van der Waals surface area contributed by atoms with Gasteiger partial charge < -0.3 is 10.1 Å². The van der Waals surface area contributed by atoms with Gasteiger partial charge in [-0.25, -0.2) is 0 Å². The number of rotatable bonds is 4. The molecule has 1 aliphatic rings. The third kappa shape index (κ3) is 4.12. The number of hydrogen-bond donors (Lipinski definition) is 1. The minimum Gasteiger partial charge on any atom is -0.495 e. The van der Waals surface area contributed by atoms with Gasteiger partial charge in [0.25, 0.3) is 0 Å². The molecule has 0 amide bonds. The third-order valence-electron chi connectivity index (χ3n) is 4.02. The largest absolute Gasteiger partial charge is 0.495 e. The maximum absolute atomic E-state index is 6.14. The van der Waals surface area contributed by atoms with Gasteiger partial charge in [-0.3, -0.25) is 0 Å². The Morgan fingerprint density at radius 3 is 2.84 bits per heavy atom. The highest BCUT2D eigenvalue weighted by molar-refractivity contribution is 6.32. The molecule has 0 bridgehead atoms. The average Bonchev–Trinajstić information content (AvgIpc) is 2.35. The molecule has 1 aromatic rings. The van der Waals surface area contributed by atoms with Gasteiger partial charge in [0.05, 0.1) is 12.1 Å². The van der Waals surface area contributed by atoms with Crippen molar-refractivity contribution in [2.45, 2.75) is 52.1 Å². The van der Waals surface area contributed by atoms with Crippen LogP contribution in [0.4, 0.5) is 0 Å². The molecular formula is C16H24ClNO. The van der Waals surface area contributed by atoms with Crippen LogP contribution in [-0.2, 0) is 6.54 Å². The smallest absolute Gasteiger partial charge is 0.137 e. The quantitative estimate of drug-likeness (QED) is 0.883. The second-order valence-corrected chi connectivity index (χ2v) is 6.71. The molecule has 1 saturated carbocycles. The summed E-state index contributed by atoms with van der Waals surface area (Å²) >= 11 is 6.14. The molecule has 0 aliphatic heterocycles.